The van der Waals surface area contributed by atoms with Crippen LogP contribution < -0.4 is 0 Å². The van der Waals surface area contributed by atoms with E-state index in [-0.39, 0.29) is 11.2 Å². The molecule has 0 bridgehead atoms. The SMILES string of the molecule is Fc1ccc2c(c1)C1(CC1)COC2. The predicted octanol–water partition coefficient (Wildman–Crippen LogP) is 2.39. The molecule has 1 spiro atoms. The molecule has 1 aliphatic heterocycles. The molecule has 0 saturated heterocycles. The minimum absolute atomic E-state index is 0.119. The van der Waals surface area contributed by atoms with Gasteiger partial charge in [-0.3, -0.25) is 0 Å². The second-order valence-electron chi connectivity index (χ2n) is 4.07. The van der Waals surface area contributed by atoms with Gasteiger partial charge in [0.05, 0.1) is 13.2 Å². The molecule has 1 heterocycles. The molecule has 3 rings (SSSR count). The molecule has 0 aromatic heterocycles. The normalized spacial score (nSPS) is 22.8. The quantitative estimate of drug-likeness (QED) is 0.592. The minimum atomic E-state index is -0.119. The first-order chi connectivity index (χ1) is 6.30. The van der Waals surface area contributed by atoms with Crippen molar-refractivity contribution < 1.29 is 9.13 Å². The number of benzene rings is 1. The van der Waals surface area contributed by atoms with E-state index in [1.165, 1.54) is 17.2 Å². The Balaban J connectivity index is 2.16. The zero-order chi connectivity index (χ0) is 8.89. The summed E-state index contributed by atoms with van der Waals surface area (Å²) in [5.41, 5.74) is 2.55. The van der Waals surface area contributed by atoms with E-state index in [1.54, 1.807) is 6.07 Å². The molecule has 2 heteroatoms. The average molecular weight is 178 g/mol. The number of hydrogen-bond acceptors (Lipinski definition) is 1. The van der Waals surface area contributed by atoms with E-state index in [1.807, 2.05) is 6.07 Å². The Morgan fingerprint density at radius 3 is 2.92 bits per heavy atom. The Kier molecular flexibility index (Phi) is 1.34. The number of ether oxygens (including phenoxy) is 1. The highest BCUT2D eigenvalue weighted by molar-refractivity contribution is 5.40. The summed E-state index contributed by atoms with van der Waals surface area (Å²) in [6.07, 6.45) is 2.31. The highest BCUT2D eigenvalue weighted by Crippen LogP contribution is 2.51. The summed E-state index contributed by atoms with van der Waals surface area (Å²) in [4.78, 5) is 0. The molecule has 0 radical (unpaired) electrons. The zero-order valence-electron chi connectivity index (χ0n) is 7.35. The van der Waals surface area contributed by atoms with Crippen molar-refractivity contribution in [2.45, 2.75) is 24.9 Å². The lowest BCUT2D eigenvalue weighted by atomic mass is 9.90. The first-order valence-electron chi connectivity index (χ1n) is 4.67. The van der Waals surface area contributed by atoms with Crippen LogP contribution in [0.3, 0.4) is 0 Å². The largest absolute Gasteiger partial charge is 0.376 e. The molecule has 68 valence electrons. The lowest BCUT2D eigenvalue weighted by molar-refractivity contribution is 0.0836. The second-order valence-corrected chi connectivity index (χ2v) is 4.07. The van der Waals surface area contributed by atoms with E-state index in [4.69, 9.17) is 4.74 Å². The molecule has 13 heavy (non-hydrogen) atoms. The summed E-state index contributed by atoms with van der Waals surface area (Å²) in [5, 5.41) is 0. The lowest BCUT2D eigenvalue weighted by Crippen LogP contribution is -2.23. The van der Waals surface area contributed by atoms with Crippen molar-refractivity contribution in [3.05, 3.63) is 35.1 Å². The minimum Gasteiger partial charge on any atom is -0.376 e. The average Bonchev–Trinajstić information content (AvgIpc) is 2.88. The van der Waals surface area contributed by atoms with Crippen molar-refractivity contribution in [1.29, 1.82) is 0 Å². The van der Waals surface area contributed by atoms with Crippen LogP contribution in [0.15, 0.2) is 18.2 Å². The van der Waals surface area contributed by atoms with E-state index in [9.17, 15) is 4.39 Å². The Bertz CT molecular complexity index is 355. The third-order valence-corrected chi connectivity index (χ3v) is 3.13. The van der Waals surface area contributed by atoms with Gasteiger partial charge in [0, 0.05) is 5.41 Å². The van der Waals surface area contributed by atoms with E-state index < -0.39 is 0 Å². The van der Waals surface area contributed by atoms with Gasteiger partial charge >= 0.3 is 0 Å². The predicted molar refractivity (Wildman–Crippen MR) is 47.0 cm³/mol. The van der Waals surface area contributed by atoms with E-state index in [0.717, 1.165) is 19.4 Å². The molecule has 1 aromatic rings. The highest BCUT2D eigenvalue weighted by Gasteiger charge is 2.47. The van der Waals surface area contributed by atoms with Crippen LogP contribution in [0.4, 0.5) is 4.39 Å². The van der Waals surface area contributed by atoms with Crippen LogP contribution in [0.25, 0.3) is 0 Å². The molecule has 0 unspecified atom stereocenters. The molecule has 0 amide bonds. The van der Waals surface area contributed by atoms with Gasteiger partial charge in [-0.2, -0.15) is 0 Å². The van der Waals surface area contributed by atoms with Crippen LogP contribution in [0.1, 0.15) is 24.0 Å². The van der Waals surface area contributed by atoms with Gasteiger partial charge in [-0.25, -0.2) is 4.39 Å². The van der Waals surface area contributed by atoms with Crippen LogP contribution >= 0.6 is 0 Å². The Morgan fingerprint density at radius 1 is 1.31 bits per heavy atom. The third kappa shape index (κ3) is 1.02. The fourth-order valence-electron chi connectivity index (χ4n) is 2.17. The van der Waals surface area contributed by atoms with Crippen molar-refractivity contribution in [2.24, 2.45) is 0 Å². The molecule has 1 saturated carbocycles. The first kappa shape index (κ1) is 7.51. The van der Waals surface area contributed by atoms with Gasteiger partial charge in [0.2, 0.25) is 0 Å². The van der Waals surface area contributed by atoms with Gasteiger partial charge in [0.25, 0.3) is 0 Å². The zero-order valence-corrected chi connectivity index (χ0v) is 7.35. The van der Waals surface area contributed by atoms with Gasteiger partial charge < -0.3 is 4.74 Å². The van der Waals surface area contributed by atoms with Crippen molar-refractivity contribution in [3.8, 4) is 0 Å². The molecule has 2 aliphatic rings. The fourth-order valence-corrected chi connectivity index (χ4v) is 2.17. The van der Waals surface area contributed by atoms with Gasteiger partial charge in [-0.15, -0.1) is 0 Å². The molecular formula is C11H11FO. The van der Waals surface area contributed by atoms with Crippen molar-refractivity contribution in [2.75, 3.05) is 6.61 Å². The molecule has 1 aromatic carbocycles. The number of rotatable bonds is 0. The smallest absolute Gasteiger partial charge is 0.123 e. The van der Waals surface area contributed by atoms with Crippen molar-refractivity contribution in [1.82, 2.24) is 0 Å². The molecule has 1 aliphatic carbocycles. The van der Waals surface area contributed by atoms with Gasteiger partial charge in [0.15, 0.2) is 0 Å². The number of halogens is 1. The van der Waals surface area contributed by atoms with Gasteiger partial charge in [-0.05, 0) is 36.1 Å². The lowest BCUT2D eigenvalue weighted by Gasteiger charge is -2.25. The van der Waals surface area contributed by atoms with Crippen LogP contribution in [-0.2, 0) is 16.8 Å². The number of hydrogen-bond donors (Lipinski definition) is 0. The monoisotopic (exact) mass is 178 g/mol. The summed E-state index contributed by atoms with van der Waals surface area (Å²) in [6, 6.07) is 5.05. The van der Waals surface area contributed by atoms with E-state index in [2.05, 4.69) is 0 Å². The Morgan fingerprint density at radius 2 is 2.15 bits per heavy atom. The fraction of sp³-hybridized carbons (Fsp3) is 0.455. The third-order valence-electron chi connectivity index (χ3n) is 3.13. The second kappa shape index (κ2) is 2.32. The standard InChI is InChI=1S/C11H11FO/c12-9-2-1-8-6-13-7-11(3-4-11)10(8)5-9/h1-2,5H,3-4,6-7H2. The van der Waals surface area contributed by atoms with Crippen molar-refractivity contribution >= 4 is 0 Å². The maximum absolute atomic E-state index is 13.0. The Hall–Kier alpha value is -0.890. The highest BCUT2D eigenvalue weighted by atomic mass is 19.1. The van der Waals surface area contributed by atoms with Gasteiger partial charge in [0.1, 0.15) is 5.82 Å². The van der Waals surface area contributed by atoms with Crippen LogP contribution in [-0.4, -0.2) is 6.61 Å². The Labute approximate surface area is 76.5 Å². The molecule has 1 fully saturated rings. The molecular weight excluding hydrogens is 167 g/mol. The van der Waals surface area contributed by atoms with Crippen LogP contribution in [0.2, 0.25) is 0 Å². The van der Waals surface area contributed by atoms with E-state index in [0.29, 0.717) is 6.61 Å². The summed E-state index contributed by atoms with van der Waals surface area (Å²) >= 11 is 0. The maximum atomic E-state index is 13.0. The molecule has 1 nitrogen and oxygen atoms in total. The van der Waals surface area contributed by atoms with Crippen molar-refractivity contribution in [3.63, 3.8) is 0 Å². The van der Waals surface area contributed by atoms with Crippen LogP contribution in [0, 0.1) is 5.82 Å². The van der Waals surface area contributed by atoms with Crippen LogP contribution in [0.5, 0.6) is 0 Å². The molecule has 0 atom stereocenters. The van der Waals surface area contributed by atoms with E-state index >= 15 is 0 Å². The topological polar surface area (TPSA) is 9.23 Å². The summed E-state index contributed by atoms with van der Waals surface area (Å²) in [6.45, 7) is 1.43. The maximum Gasteiger partial charge on any atom is 0.123 e. The summed E-state index contributed by atoms with van der Waals surface area (Å²) in [5.74, 6) is -0.119. The van der Waals surface area contributed by atoms with Gasteiger partial charge in [-0.1, -0.05) is 6.07 Å². The first-order valence-corrected chi connectivity index (χ1v) is 4.67. The summed E-state index contributed by atoms with van der Waals surface area (Å²) < 4.78 is 18.5. The number of fused-ring (bicyclic) bond motifs is 2. The summed E-state index contributed by atoms with van der Waals surface area (Å²) in [7, 11) is 0. The molecule has 0 N–H and O–H groups in total.